The molecule has 100 valence electrons. The van der Waals surface area contributed by atoms with E-state index in [0.717, 1.165) is 30.8 Å². The van der Waals surface area contributed by atoms with Crippen molar-refractivity contribution < 1.29 is 0 Å². The van der Waals surface area contributed by atoms with Gasteiger partial charge in [0, 0.05) is 25.7 Å². The number of anilines is 1. The fourth-order valence-corrected chi connectivity index (χ4v) is 3.23. The molecule has 0 radical (unpaired) electrons. The zero-order valence-corrected chi connectivity index (χ0v) is 12.1. The van der Waals surface area contributed by atoms with Gasteiger partial charge in [-0.3, -0.25) is 4.68 Å². The maximum Gasteiger partial charge on any atom is 0.131 e. The van der Waals surface area contributed by atoms with E-state index in [1.807, 2.05) is 18.7 Å². The van der Waals surface area contributed by atoms with Gasteiger partial charge >= 0.3 is 0 Å². The van der Waals surface area contributed by atoms with E-state index in [1.165, 1.54) is 16.9 Å². The van der Waals surface area contributed by atoms with Gasteiger partial charge in [0.2, 0.25) is 0 Å². The highest BCUT2D eigenvalue weighted by atomic mass is 35.5. The molecule has 3 nitrogen and oxygen atoms in total. The van der Waals surface area contributed by atoms with Gasteiger partial charge in [0.15, 0.2) is 0 Å². The van der Waals surface area contributed by atoms with Crippen LogP contribution in [0.25, 0.3) is 0 Å². The highest BCUT2D eigenvalue weighted by molar-refractivity contribution is 6.17. The lowest BCUT2D eigenvalue weighted by Crippen LogP contribution is -2.32. The Labute approximate surface area is 118 Å². The lowest BCUT2D eigenvalue weighted by Gasteiger charge is -2.31. The van der Waals surface area contributed by atoms with E-state index in [2.05, 4.69) is 34.3 Å². The fraction of sp³-hybridized carbons (Fsp3) is 0.400. The third-order valence-corrected chi connectivity index (χ3v) is 4.14. The van der Waals surface area contributed by atoms with Crippen LogP contribution in [0.4, 0.5) is 5.82 Å². The summed E-state index contributed by atoms with van der Waals surface area (Å²) in [4.78, 5) is 2.39. The highest BCUT2D eigenvalue weighted by Gasteiger charge is 2.22. The first-order chi connectivity index (χ1) is 9.20. The standard InChI is InChI=1S/C15H18ClN3/c1-11-14(9-16)15(18(2)17-11)19-8-7-12-5-3-4-6-13(12)10-19/h3-6H,7-10H2,1-2H3. The summed E-state index contributed by atoms with van der Waals surface area (Å²) in [5, 5.41) is 4.50. The smallest absolute Gasteiger partial charge is 0.131 e. The van der Waals surface area contributed by atoms with Gasteiger partial charge in [0.25, 0.3) is 0 Å². The Kier molecular flexibility index (Phi) is 3.23. The molecule has 1 aliphatic heterocycles. The van der Waals surface area contributed by atoms with Crippen molar-refractivity contribution in [2.45, 2.75) is 25.8 Å². The van der Waals surface area contributed by atoms with Gasteiger partial charge in [0.1, 0.15) is 5.82 Å². The van der Waals surface area contributed by atoms with Gasteiger partial charge < -0.3 is 4.90 Å². The van der Waals surface area contributed by atoms with E-state index in [4.69, 9.17) is 11.6 Å². The number of alkyl halides is 1. The van der Waals surface area contributed by atoms with Crippen molar-refractivity contribution in [1.82, 2.24) is 9.78 Å². The second kappa shape index (κ2) is 4.89. The minimum Gasteiger partial charge on any atom is -0.352 e. The van der Waals surface area contributed by atoms with Crippen molar-refractivity contribution in [2.75, 3.05) is 11.4 Å². The van der Waals surface area contributed by atoms with E-state index >= 15 is 0 Å². The highest BCUT2D eigenvalue weighted by Crippen LogP contribution is 2.29. The Morgan fingerprint density at radius 3 is 2.74 bits per heavy atom. The minimum atomic E-state index is 0.521. The molecule has 0 saturated heterocycles. The molecule has 0 unspecified atom stereocenters. The number of aromatic nitrogens is 2. The molecule has 0 amide bonds. The first-order valence-corrected chi connectivity index (χ1v) is 7.14. The van der Waals surface area contributed by atoms with Crippen LogP contribution in [0, 0.1) is 6.92 Å². The number of halogens is 1. The first-order valence-electron chi connectivity index (χ1n) is 6.61. The Balaban J connectivity index is 1.97. The van der Waals surface area contributed by atoms with E-state index in [0.29, 0.717) is 5.88 Å². The van der Waals surface area contributed by atoms with Crippen molar-refractivity contribution in [3.05, 3.63) is 46.6 Å². The summed E-state index contributed by atoms with van der Waals surface area (Å²) in [6, 6.07) is 8.67. The molecule has 0 fully saturated rings. The summed E-state index contributed by atoms with van der Waals surface area (Å²) in [5.74, 6) is 1.69. The van der Waals surface area contributed by atoms with Crippen LogP contribution in [-0.4, -0.2) is 16.3 Å². The maximum absolute atomic E-state index is 6.09. The van der Waals surface area contributed by atoms with Crippen LogP contribution in [0.5, 0.6) is 0 Å². The van der Waals surface area contributed by atoms with Crippen LogP contribution in [0.15, 0.2) is 24.3 Å². The summed E-state index contributed by atoms with van der Waals surface area (Å²) in [6.07, 6.45) is 1.09. The maximum atomic E-state index is 6.09. The summed E-state index contributed by atoms with van der Waals surface area (Å²) in [7, 11) is 2.00. The number of aryl methyl sites for hydroxylation is 2. The van der Waals surface area contributed by atoms with E-state index in [-0.39, 0.29) is 0 Å². The van der Waals surface area contributed by atoms with Crippen LogP contribution in [0.1, 0.15) is 22.4 Å². The average Bonchev–Trinajstić information content (AvgIpc) is 2.72. The van der Waals surface area contributed by atoms with Gasteiger partial charge in [0.05, 0.1) is 11.6 Å². The number of hydrogen-bond acceptors (Lipinski definition) is 2. The predicted octanol–water partition coefficient (Wildman–Crippen LogP) is 3.03. The van der Waals surface area contributed by atoms with Gasteiger partial charge in [-0.1, -0.05) is 24.3 Å². The van der Waals surface area contributed by atoms with Crippen LogP contribution >= 0.6 is 11.6 Å². The summed E-state index contributed by atoms with van der Waals surface area (Å²) >= 11 is 6.09. The summed E-state index contributed by atoms with van der Waals surface area (Å²) < 4.78 is 1.96. The quantitative estimate of drug-likeness (QED) is 0.786. The molecule has 4 heteroatoms. The van der Waals surface area contributed by atoms with Crippen molar-refractivity contribution in [2.24, 2.45) is 7.05 Å². The van der Waals surface area contributed by atoms with Crippen LogP contribution in [0.2, 0.25) is 0 Å². The lowest BCUT2D eigenvalue weighted by molar-refractivity contribution is 0.667. The van der Waals surface area contributed by atoms with Gasteiger partial charge in [-0.2, -0.15) is 5.10 Å². The van der Waals surface area contributed by atoms with Gasteiger partial charge in [-0.15, -0.1) is 11.6 Å². The minimum absolute atomic E-state index is 0.521. The monoisotopic (exact) mass is 275 g/mol. The van der Waals surface area contributed by atoms with Crippen LogP contribution in [-0.2, 0) is 25.9 Å². The average molecular weight is 276 g/mol. The second-order valence-electron chi connectivity index (χ2n) is 5.09. The summed E-state index contributed by atoms with van der Waals surface area (Å²) in [5.41, 5.74) is 5.06. The molecular weight excluding hydrogens is 258 g/mol. The zero-order chi connectivity index (χ0) is 13.4. The van der Waals surface area contributed by atoms with E-state index in [9.17, 15) is 0 Å². The molecular formula is C15H18ClN3. The molecule has 3 rings (SSSR count). The molecule has 0 saturated carbocycles. The third-order valence-electron chi connectivity index (χ3n) is 3.88. The number of benzene rings is 1. The second-order valence-corrected chi connectivity index (χ2v) is 5.35. The zero-order valence-electron chi connectivity index (χ0n) is 11.4. The molecule has 0 aliphatic carbocycles. The first kappa shape index (κ1) is 12.5. The molecule has 19 heavy (non-hydrogen) atoms. The van der Waals surface area contributed by atoms with Crippen LogP contribution in [0.3, 0.4) is 0 Å². The molecule has 1 aliphatic rings. The molecule has 0 spiro atoms. The molecule has 1 aromatic heterocycles. The normalized spacial score (nSPS) is 14.6. The fourth-order valence-electron chi connectivity index (χ4n) is 2.92. The van der Waals surface area contributed by atoms with Crippen LogP contribution < -0.4 is 4.90 Å². The Morgan fingerprint density at radius 1 is 1.26 bits per heavy atom. The summed E-state index contributed by atoms with van der Waals surface area (Å²) in [6.45, 7) is 4.00. The van der Waals surface area contributed by atoms with Crippen molar-refractivity contribution in [3.8, 4) is 0 Å². The molecule has 0 bridgehead atoms. The lowest BCUT2D eigenvalue weighted by atomic mass is 10.00. The molecule has 0 atom stereocenters. The van der Waals surface area contributed by atoms with E-state index in [1.54, 1.807) is 0 Å². The molecule has 0 N–H and O–H groups in total. The topological polar surface area (TPSA) is 21.1 Å². The number of rotatable bonds is 2. The van der Waals surface area contributed by atoms with Crippen molar-refractivity contribution in [1.29, 1.82) is 0 Å². The Bertz CT molecular complexity index is 603. The Hall–Kier alpha value is -1.48. The van der Waals surface area contributed by atoms with E-state index < -0.39 is 0 Å². The Morgan fingerprint density at radius 2 is 2.00 bits per heavy atom. The van der Waals surface area contributed by atoms with Crippen molar-refractivity contribution >= 4 is 17.4 Å². The molecule has 2 heterocycles. The van der Waals surface area contributed by atoms with Gasteiger partial charge in [-0.25, -0.2) is 0 Å². The number of nitrogens with zero attached hydrogens (tertiary/aromatic N) is 3. The van der Waals surface area contributed by atoms with Gasteiger partial charge in [-0.05, 0) is 24.5 Å². The SMILES string of the molecule is Cc1nn(C)c(N2CCc3ccccc3C2)c1CCl. The number of fused-ring (bicyclic) bond motifs is 1. The van der Waals surface area contributed by atoms with Crippen molar-refractivity contribution in [3.63, 3.8) is 0 Å². The number of hydrogen-bond donors (Lipinski definition) is 0. The third kappa shape index (κ3) is 2.12. The molecule has 1 aromatic carbocycles. The predicted molar refractivity (Wildman–Crippen MR) is 78.7 cm³/mol. The largest absolute Gasteiger partial charge is 0.352 e. The molecule has 2 aromatic rings.